The molecule has 0 unspecified atom stereocenters. The van der Waals surface area contributed by atoms with Gasteiger partial charge in [-0.1, -0.05) is 0 Å². The monoisotopic (exact) mass is 236 g/mol. The van der Waals surface area contributed by atoms with Gasteiger partial charge in [0.2, 0.25) is 0 Å². The molecule has 94 valence electrons. The lowest BCUT2D eigenvalue weighted by atomic mass is 10.0. The number of rotatable bonds is 4. The van der Waals surface area contributed by atoms with Crippen LogP contribution in [0.15, 0.2) is 12.1 Å². The summed E-state index contributed by atoms with van der Waals surface area (Å²) in [5, 5.41) is 0. The molecule has 0 radical (unpaired) electrons. The first-order valence-electron chi connectivity index (χ1n) is 5.90. The van der Waals surface area contributed by atoms with E-state index in [1.54, 1.807) is 6.92 Å². The van der Waals surface area contributed by atoms with Crippen LogP contribution in [0.25, 0.3) is 0 Å². The maximum Gasteiger partial charge on any atom is 0.338 e. The third-order valence-corrected chi connectivity index (χ3v) is 2.36. The highest BCUT2D eigenvalue weighted by atomic mass is 16.5. The van der Waals surface area contributed by atoms with Crippen LogP contribution in [0.5, 0.6) is 5.75 Å². The van der Waals surface area contributed by atoms with Crippen molar-refractivity contribution in [3.05, 3.63) is 28.8 Å². The second kappa shape index (κ2) is 5.71. The number of hydrogen-bond donors (Lipinski definition) is 0. The third-order valence-electron chi connectivity index (χ3n) is 2.36. The first kappa shape index (κ1) is 13.6. The molecular weight excluding hydrogens is 216 g/mol. The summed E-state index contributed by atoms with van der Waals surface area (Å²) in [6, 6.07) is 3.75. The standard InChI is InChI=1S/C14H20O3/c1-6-16-14(15)13-10(4)7-12(8-11(13)5)17-9(2)3/h7-9H,6H2,1-5H3. The lowest BCUT2D eigenvalue weighted by molar-refractivity contribution is 0.0524. The van der Waals surface area contributed by atoms with E-state index in [1.165, 1.54) is 0 Å². The SMILES string of the molecule is CCOC(=O)c1c(C)cc(OC(C)C)cc1C. The lowest BCUT2D eigenvalue weighted by Crippen LogP contribution is -2.11. The van der Waals surface area contributed by atoms with Gasteiger partial charge in [0.25, 0.3) is 0 Å². The van der Waals surface area contributed by atoms with E-state index in [2.05, 4.69) is 0 Å². The first-order valence-corrected chi connectivity index (χ1v) is 5.90. The highest BCUT2D eigenvalue weighted by Gasteiger charge is 2.15. The molecule has 0 fully saturated rings. The van der Waals surface area contributed by atoms with E-state index in [0.717, 1.165) is 16.9 Å². The Morgan fingerprint density at radius 3 is 2.18 bits per heavy atom. The van der Waals surface area contributed by atoms with Gasteiger partial charge in [0, 0.05) is 0 Å². The molecule has 0 aliphatic heterocycles. The predicted octanol–water partition coefficient (Wildman–Crippen LogP) is 3.27. The smallest absolute Gasteiger partial charge is 0.338 e. The summed E-state index contributed by atoms with van der Waals surface area (Å²) >= 11 is 0. The van der Waals surface area contributed by atoms with Crippen molar-refractivity contribution in [2.24, 2.45) is 0 Å². The molecule has 0 aliphatic rings. The van der Waals surface area contributed by atoms with Crippen molar-refractivity contribution in [1.29, 1.82) is 0 Å². The molecule has 0 saturated carbocycles. The fourth-order valence-corrected chi connectivity index (χ4v) is 1.79. The quantitative estimate of drug-likeness (QED) is 0.753. The van der Waals surface area contributed by atoms with Crippen molar-refractivity contribution in [3.8, 4) is 5.75 Å². The fourth-order valence-electron chi connectivity index (χ4n) is 1.79. The van der Waals surface area contributed by atoms with Crippen LogP contribution < -0.4 is 4.74 Å². The van der Waals surface area contributed by atoms with E-state index in [-0.39, 0.29) is 12.1 Å². The minimum atomic E-state index is -0.265. The van der Waals surface area contributed by atoms with E-state index in [9.17, 15) is 4.79 Å². The Labute approximate surface area is 103 Å². The van der Waals surface area contributed by atoms with Gasteiger partial charge in [-0.05, 0) is 57.9 Å². The second-order valence-electron chi connectivity index (χ2n) is 4.32. The van der Waals surface area contributed by atoms with Crippen LogP contribution in [0.2, 0.25) is 0 Å². The van der Waals surface area contributed by atoms with Crippen LogP contribution in [-0.2, 0) is 4.74 Å². The summed E-state index contributed by atoms with van der Waals surface area (Å²) in [7, 11) is 0. The summed E-state index contributed by atoms with van der Waals surface area (Å²) in [6.45, 7) is 9.94. The Kier molecular flexibility index (Phi) is 4.55. The fraction of sp³-hybridized carbons (Fsp3) is 0.500. The molecule has 17 heavy (non-hydrogen) atoms. The van der Waals surface area contributed by atoms with E-state index in [0.29, 0.717) is 12.2 Å². The van der Waals surface area contributed by atoms with Crippen LogP contribution in [0.4, 0.5) is 0 Å². The summed E-state index contributed by atoms with van der Waals surface area (Å²) in [5.74, 6) is 0.529. The lowest BCUT2D eigenvalue weighted by Gasteiger charge is -2.14. The number of ether oxygens (including phenoxy) is 2. The zero-order valence-corrected chi connectivity index (χ0v) is 11.2. The molecule has 0 N–H and O–H groups in total. The molecule has 3 nitrogen and oxygen atoms in total. The Bertz CT molecular complexity index is 385. The summed E-state index contributed by atoms with van der Waals surface area (Å²) in [4.78, 5) is 11.8. The van der Waals surface area contributed by atoms with Gasteiger partial charge in [-0.2, -0.15) is 0 Å². The van der Waals surface area contributed by atoms with Crippen LogP contribution >= 0.6 is 0 Å². The van der Waals surface area contributed by atoms with Crippen molar-refractivity contribution in [3.63, 3.8) is 0 Å². The average molecular weight is 236 g/mol. The molecule has 1 rings (SSSR count). The largest absolute Gasteiger partial charge is 0.491 e. The normalized spacial score (nSPS) is 10.5. The van der Waals surface area contributed by atoms with E-state index in [4.69, 9.17) is 9.47 Å². The van der Waals surface area contributed by atoms with Crippen molar-refractivity contribution in [2.75, 3.05) is 6.61 Å². The highest BCUT2D eigenvalue weighted by Crippen LogP contribution is 2.23. The molecule has 0 aromatic heterocycles. The molecule has 0 heterocycles. The van der Waals surface area contributed by atoms with Gasteiger partial charge in [-0.3, -0.25) is 0 Å². The van der Waals surface area contributed by atoms with Crippen molar-refractivity contribution in [1.82, 2.24) is 0 Å². The van der Waals surface area contributed by atoms with Crippen LogP contribution in [0, 0.1) is 13.8 Å². The number of aryl methyl sites for hydroxylation is 2. The molecule has 0 saturated heterocycles. The summed E-state index contributed by atoms with van der Waals surface area (Å²) in [5.41, 5.74) is 2.42. The minimum Gasteiger partial charge on any atom is -0.491 e. The van der Waals surface area contributed by atoms with E-state index < -0.39 is 0 Å². The van der Waals surface area contributed by atoms with Crippen LogP contribution in [-0.4, -0.2) is 18.7 Å². The van der Waals surface area contributed by atoms with Gasteiger partial charge in [0.1, 0.15) is 5.75 Å². The maximum atomic E-state index is 11.8. The Morgan fingerprint density at radius 2 is 1.76 bits per heavy atom. The molecule has 1 aromatic rings. The molecule has 0 aliphatic carbocycles. The molecule has 3 heteroatoms. The Hall–Kier alpha value is -1.51. The zero-order chi connectivity index (χ0) is 13.0. The molecule has 0 bridgehead atoms. The number of carbonyl (C=O) groups excluding carboxylic acids is 1. The molecular formula is C14H20O3. The molecule has 0 spiro atoms. The van der Waals surface area contributed by atoms with E-state index in [1.807, 2.05) is 39.8 Å². The van der Waals surface area contributed by atoms with Gasteiger partial charge in [0.15, 0.2) is 0 Å². The Balaban J connectivity index is 3.06. The van der Waals surface area contributed by atoms with Gasteiger partial charge < -0.3 is 9.47 Å². The summed E-state index contributed by atoms with van der Waals surface area (Å²) < 4.78 is 10.6. The highest BCUT2D eigenvalue weighted by molar-refractivity contribution is 5.92. The van der Waals surface area contributed by atoms with Gasteiger partial charge in [-0.25, -0.2) is 4.79 Å². The second-order valence-corrected chi connectivity index (χ2v) is 4.32. The van der Waals surface area contributed by atoms with Crippen LogP contribution in [0.3, 0.4) is 0 Å². The Morgan fingerprint density at radius 1 is 1.24 bits per heavy atom. The minimum absolute atomic E-state index is 0.127. The number of esters is 1. The number of hydrogen-bond acceptors (Lipinski definition) is 3. The zero-order valence-electron chi connectivity index (χ0n) is 11.2. The van der Waals surface area contributed by atoms with Gasteiger partial charge in [-0.15, -0.1) is 0 Å². The third kappa shape index (κ3) is 3.48. The van der Waals surface area contributed by atoms with E-state index >= 15 is 0 Å². The topological polar surface area (TPSA) is 35.5 Å². The predicted molar refractivity (Wildman–Crippen MR) is 67.6 cm³/mol. The number of carbonyl (C=O) groups is 1. The van der Waals surface area contributed by atoms with Crippen molar-refractivity contribution >= 4 is 5.97 Å². The first-order chi connectivity index (χ1) is 7.95. The number of benzene rings is 1. The average Bonchev–Trinajstić information content (AvgIpc) is 2.15. The maximum absolute atomic E-state index is 11.8. The molecule has 1 aromatic carbocycles. The van der Waals surface area contributed by atoms with Gasteiger partial charge >= 0.3 is 5.97 Å². The van der Waals surface area contributed by atoms with Crippen molar-refractivity contribution < 1.29 is 14.3 Å². The molecule has 0 amide bonds. The van der Waals surface area contributed by atoms with Gasteiger partial charge in [0.05, 0.1) is 18.3 Å². The van der Waals surface area contributed by atoms with Crippen molar-refractivity contribution in [2.45, 2.75) is 40.7 Å². The summed E-state index contributed by atoms with van der Waals surface area (Å²) in [6.07, 6.45) is 0.127. The van der Waals surface area contributed by atoms with Crippen LogP contribution in [0.1, 0.15) is 42.3 Å². The molecule has 0 atom stereocenters.